The number of pyridine rings is 1. The lowest BCUT2D eigenvalue weighted by Crippen LogP contribution is -2.02. The smallest absolute Gasteiger partial charge is 0.152 e. The summed E-state index contributed by atoms with van der Waals surface area (Å²) < 4.78 is 26.7. The third kappa shape index (κ3) is 2.42. The zero-order valence-electron chi connectivity index (χ0n) is 9.63. The molecule has 1 heterocycles. The lowest BCUT2D eigenvalue weighted by molar-refractivity contribution is 0.590. The van der Waals surface area contributed by atoms with E-state index in [1.165, 1.54) is 6.07 Å². The molecule has 0 radical (unpaired) electrons. The predicted molar refractivity (Wildman–Crippen MR) is 63.8 cm³/mol. The number of benzene rings is 1. The summed E-state index contributed by atoms with van der Waals surface area (Å²) in [7, 11) is 0. The van der Waals surface area contributed by atoms with Crippen LogP contribution >= 0.6 is 0 Å². The number of hydrogen-bond donors (Lipinski definition) is 1. The Labute approximate surface area is 98.5 Å². The van der Waals surface area contributed by atoms with Gasteiger partial charge in [-0.15, -0.1) is 0 Å². The van der Waals surface area contributed by atoms with Gasteiger partial charge < -0.3 is 5.73 Å². The van der Waals surface area contributed by atoms with Gasteiger partial charge in [0.2, 0.25) is 0 Å². The maximum atomic E-state index is 13.6. The second-order valence-corrected chi connectivity index (χ2v) is 4.11. The van der Waals surface area contributed by atoms with Gasteiger partial charge in [-0.25, -0.2) is 13.8 Å². The van der Waals surface area contributed by atoms with Crippen LogP contribution in [-0.2, 0) is 6.42 Å². The highest BCUT2D eigenvalue weighted by atomic mass is 19.1. The number of aryl methyl sites for hydroxylation is 2. The molecule has 0 bridgehead atoms. The molecule has 1 aromatic heterocycles. The normalized spacial score (nSPS) is 11.1. The van der Waals surface area contributed by atoms with Gasteiger partial charge in [0.05, 0.1) is 0 Å². The molecule has 2 rings (SSSR count). The van der Waals surface area contributed by atoms with Gasteiger partial charge in [0.15, 0.2) is 5.82 Å². The second-order valence-electron chi connectivity index (χ2n) is 4.11. The van der Waals surface area contributed by atoms with Crippen LogP contribution < -0.4 is 5.73 Å². The Morgan fingerprint density at radius 1 is 1.24 bits per heavy atom. The minimum atomic E-state index is -0.613. The Bertz CT molecular complexity index is 553. The number of rotatable bonds is 3. The van der Waals surface area contributed by atoms with E-state index in [9.17, 15) is 8.78 Å². The van der Waals surface area contributed by atoms with Crippen LogP contribution in [0.25, 0.3) is 10.9 Å². The highest BCUT2D eigenvalue weighted by Gasteiger charge is 2.09. The van der Waals surface area contributed by atoms with Crippen molar-refractivity contribution in [1.82, 2.24) is 4.98 Å². The van der Waals surface area contributed by atoms with Gasteiger partial charge in [0, 0.05) is 17.1 Å². The maximum Gasteiger partial charge on any atom is 0.152 e. The van der Waals surface area contributed by atoms with Crippen molar-refractivity contribution in [3.05, 3.63) is 41.1 Å². The van der Waals surface area contributed by atoms with Crippen LogP contribution in [-0.4, -0.2) is 11.5 Å². The van der Waals surface area contributed by atoms with Crippen LogP contribution in [0.2, 0.25) is 0 Å². The molecule has 0 amide bonds. The molecule has 0 fully saturated rings. The van der Waals surface area contributed by atoms with E-state index in [2.05, 4.69) is 4.98 Å². The summed E-state index contributed by atoms with van der Waals surface area (Å²) in [5.74, 6) is -1.19. The van der Waals surface area contributed by atoms with Crippen LogP contribution in [0.5, 0.6) is 0 Å². The molecule has 0 saturated carbocycles. The monoisotopic (exact) mass is 236 g/mol. The zero-order valence-corrected chi connectivity index (χ0v) is 9.63. The van der Waals surface area contributed by atoms with Crippen molar-refractivity contribution in [2.75, 3.05) is 6.54 Å². The van der Waals surface area contributed by atoms with E-state index in [-0.39, 0.29) is 5.52 Å². The fourth-order valence-electron chi connectivity index (χ4n) is 1.90. The van der Waals surface area contributed by atoms with E-state index in [0.29, 0.717) is 18.4 Å². The van der Waals surface area contributed by atoms with E-state index in [1.54, 1.807) is 0 Å². The summed E-state index contributed by atoms with van der Waals surface area (Å²) in [6.07, 6.45) is 1.52. The molecule has 90 valence electrons. The fourth-order valence-corrected chi connectivity index (χ4v) is 1.90. The quantitative estimate of drug-likeness (QED) is 0.889. The van der Waals surface area contributed by atoms with Gasteiger partial charge in [-0.1, -0.05) is 0 Å². The lowest BCUT2D eigenvalue weighted by Gasteiger charge is -2.07. The Morgan fingerprint density at radius 2 is 2.00 bits per heavy atom. The highest BCUT2D eigenvalue weighted by molar-refractivity contribution is 5.82. The Hall–Kier alpha value is -1.55. The molecule has 0 aliphatic rings. The van der Waals surface area contributed by atoms with Crippen LogP contribution in [0.3, 0.4) is 0 Å². The Kier molecular flexibility index (Phi) is 3.33. The minimum Gasteiger partial charge on any atom is -0.330 e. The van der Waals surface area contributed by atoms with Crippen LogP contribution in [0.4, 0.5) is 8.78 Å². The van der Waals surface area contributed by atoms with Gasteiger partial charge in [-0.05, 0) is 44.0 Å². The van der Waals surface area contributed by atoms with E-state index in [4.69, 9.17) is 5.73 Å². The first-order valence-electron chi connectivity index (χ1n) is 5.57. The van der Waals surface area contributed by atoms with Gasteiger partial charge in [0.1, 0.15) is 11.3 Å². The molecule has 0 saturated heterocycles. The number of hydrogen-bond acceptors (Lipinski definition) is 2. The molecule has 0 atom stereocenters. The zero-order chi connectivity index (χ0) is 12.4. The summed E-state index contributed by atoms with van der Waals surface area (Å²) in [6.45, 7) is 2.40. The summed E-state index contributed by atoms with van der Waals surface area (Å²) in [6, 6.07) is 4.03. The largest absolute Gasteiger partial charge is 0.330 e. The first-order valence-corrected chi connectivity index (χ1v) is 5.57. The lowest BCUT2D eigenvalue weighted by atomic mass is 10.1. The molecule has 0 spiro atoms. The first-order chi connectivity index (χ1) is 8.11. The molecule has 0 unspecified atom stereocenters. The SMILES string of the molecule is Cc1cc(CCCN)nc2c(F)cc(F)cc12. The van der Waals surface area contributed by atoms with Crippen molar-refractivity contribution in [3.8, 4) is 0 Å². The molecule has 1 aromatic carbocycles. The van der Waals surface area contributed by atoms with Crippen LogP contribution in [0, 0.1) is 18.6 Å². The van der Waals surface area contributed by atoms with Crippen molar-refractivity contribution in [3.63, 3.8) is 0 Å². The van der Waals surface area contributed by atoms with E-state index < -0.39 is 11.6 Å². The molecule has 2 nitrogen and oxygen atoms in total. The summed E-state index contributed by atoms with van der Waals surface area (Å²) in [5, 5.41) is 0.527. The molecule has 0 aliphatic carbocycles. The molecular formula is C13H14F2N2. The second kappa shape index (κ2) is 4.75. The van der Waals surface area contributed by atoms with Gasteiger partial charge in [-0.2, -0.15) is 0 Å². The molecule has 0 aliphatic heterocycles. The van der Waals surface area contributed by atoms with Crippen molar-refractivity contribution >= 4 is 10.9 Å². The van der Waals surface area contributed by atoms with E-state index in [1.807, 2.05) is 13.0 Å². The van der Waals surface area contributed by atoms with E-state index in [0.717, 1.165) is 23.7 Å². The molecule has 2 aromatic rings. The molecule has 2 N–H and O–H groups in total. The standard InChI is InChI=1S/C13H14F2N2/c1-8-5-10(3-2-4-16)17-13-11(8)6-9(14)7-12(13)15/h5-7H,2-4,16H2,1H3. The van der Waals surface area contributed by atoms with Crippen molar-refractivity contribution in [1.29, 1.82) is 0 Å². The molecular weight excluding hydrogens is 222 g/mol. The summed E-state index contributed by atoms with van der Waals surface area (Å²) in [5.41, 5.74) is 7.29. The van der Waals surface area contributed by atoms with Gasteiger partial charge in [0.25, 0.3) is 0 Å². The Balaban J connectivity index is 2.56. The average molecular weight is 236 g/mol. The number of aromatic nitrogens is 1. The predicted octanol–water partition coefficient (Wildman–Crippen LogP) is 2.71. The number of fused-ring (bicyclic) bond motifs is 1. The Morgan fingerprint density at radius 3 is 2.71 bits per heavy atom. The minimum absolute atomic E-state index is 0.235. The van der Waals surface area contributed by atoms with Crippen LogP contribution in [0.1, 0.15) is 17.7 Å². The van der Waals surface area contributed by atoms with Gasteiger partial charge >= 0.3 is 0 Å². The average Bonchev–Trinajstić information content (AvgIpc) is 2.28. The fraction of sp³-hybridized carbons (Fsp3) is 0.308. The molecule has 4 heteroatoms. The third-order valence-corrected chi connectivity index (χ3v) is 2.73. The van der Waals surface area contributed by atoms with Crippen molar-refractivity contribution in [2.45, 2.75) is 19.8 Å². The first kappa shape index (κ1) is 11.9. The summed E-state index contributed by atoms with van der Waals surface area (Å²) >= 11 is 0. The maximum absolute atomic E-state index is 13.6. The van der Waals surface area contributed by atoms with E-state index >= 15 is 0 Å². The number of nitrogens with two attached hydrogens (primary N) is 1. The summed E-state index contributed by atoms with van der Waals surface area (Å²) in [4.78, 5) is 4.22. The number of halogens is 2. The van der Waals surface area contributed by atoms with Crippen LogP contribution in [0.15, 0.2) is 18.2 Å². The highest BCUT2D eigenvalue weighted by Crippen LogP contribution is 2.22. The topological polar surface area (TPSA) is 38.9 Å². The molecule has 17 heavy (non-hydrogen) atoms. The third-order valence-electron chi connectivity index (χ3n) is 2.73. The van der Waals surface area contributed by atoms with Crippen molar-refractivity contribution in [2.24, 2.45) is 5.73 Å². The number of nitrogens with zero attached hydrogens (tertiary/aromatic N) is 1. The van der Waals surface area contributed by atoms with Crippen molar-refractivity contribution < 1.29 is 8.78 Å². The van der Waals surface area contributed by atoms with Gasteiger partial charge in [-0.3, -0.25) is 0 Å².